The van der Waals surface area contributed by atoms with Crippen LogP contribution in [-0.4, -0.2) is 5.11 Å². The lowest BCUT2D eigenvalue weighted by atomic mass is 10.1. The fourth-order valence-corrected chi connectivity index (χ4v) is 2.46. The fourth-order valence-electron chi connectivity index (χ4n) is 1.67. The molecule has 0 radical (unpaired) electrons. The number of nitrogens with one attached hydrogen (secondary N) is 1. The third-order valence-corrected chi connectivity index (χ3v) is 3.49. The highest BCUT2D eigenvalue weighted by Crippen LogP contribution is 2.29. The lowest BCUT2D eigenvalue weighted by Gasteiger charge is -2.16. The van der Waals surface area contributed by atoms with Crippen LogP contribution >= 0.6 is 11.3 Å². The van der Waals surface area contributed by atoms with E-state index in [1.54, 1.807) is 17.4 Å². The van der Waals surface area contributed by atoms with Gasteiger partial charge in [0, 0.05) is 16.6 Å². The molecule has 1 aromatic heterocycles. The van der Waals surface area contributed by atoms with Gasteiger partial charge in [-0.25, -0.2) is 0 Å². The minimum atomic E-state index is 0.106. The van der Waals surface area contributed by atoms with Crippen molar-refractivity contribution in [3.05, 3.63) is 46.2 Å². The first-order valence-corrected chi connectivity index (χ1v) is 6.20. The highest BCUT2D eigenvalue weighted by molar-refractivity contribution is 7.08. The summed E-state index contributed by atoms with van der Waals surface area (Å²) < 4.78 is 0. The predicted octanol–water partition coefficient (Wildman–Crippen LogP) is 3.94. The van der Waals surface area contributed by atoms with Gasteiger partial charge < -0.3 is 10.4 Å². The first-order valence-electron chi connectivity index (χ1n) is 5.25. The summed E-state index contributed by atoms with van der Waals surface area (Å²) in [7, 11) is 0. The molecule has 0 spiro atoms. The van der Waals surface area contributed by atoms with E-state index in [9.17, 15) is 5.11 Å². The number of para-hydroxylation sites is 1. The normalized spacial score (nSPS) is 12.4. The van der Waals surface area contributed by atoms with Crippen molar-refractivity contribution in [3.8, 4) is 5.75 Å². The van der Waals surface area contributed by atoms with E-state index in [0.717, 1.165) is 11.3 Å². The van der Waals surface area contributed by atoms with Crippen molar-refractivity contribution in [2.45, 2.75) is 19.9 Å². The number of rotatable bonds is 3. The Morgan fingerprint density at radius 2 is 2.00 bits per heavy atom. The number of benzene rings is 1. The fraction of sp³-hybridized carbons (Fsp3) is 0.231. The van der Waals surface area contributed by atoms with E-state index < -0.39 is 0 Å². The van der Waals surface area contributed by atoms with Crippen LogP contribution in [0.1, 0.15) is 24.1 Å². The maximum absolute atomic E-state index is 9.74. The zero-order chi connectivity index (χ0) is 11.5. The van der Waals surface area contributed by atoms with Gasteiger partial charge in [-0.1, -0.05) is 18.2 Å². The molecule has 1 unspecified atom stereocenters. The molecule has 1 heterocycles. The predicted molar refractivity (Wildman–Crippen MR) is 69.2 cm³/mol. The van der Waals surface area contributed by atoms with Gasteiger partial charge in [0.2, 0.25) is 0 Å². The van der Waals surface area contributed by atoms with Gasteiger partial charge in [0.05, 0.1) is 6.04 Å². The Bertz CT molecular complexity index is 478. The molecule has 0 fully saturated rings. The van der Waals surface area contributed by atoms with E-state index in [0.29, 0.717) is 5.75 Å². The molecule has 3 heteroatoms. The number of anilines is 1. The second-order valence-electron chi connectivity index (χ2n) is 3.89. The molecule has 16 heavy (non-hydrogen) atoms. The van der Waals surface area contributed by atoms with E-state index in [1.807, 2.05) is 25.1 Å². The summed E-state index contributed by atoms with van der Waals surface area (Å²) in [5.41, 5.74) is 3.31. The first kappa shape index (κ1) is 11.0. The summed E-state index contributed by atoms with van der Waals surface area (Å²) in [5, 5.41) is 17.3. The quantitative estimate of drug-likeness (QED) is 0.841. The summed E-state index contributed by atoms with van der Waals surface area (Å²) in [6.07, 6.45) is 0. The molecule has 1 aromatic carbocycles. The van der Waals surface area contributed by atoms with Crippen molar-refractivity contribution in [1.29, 1.82) is 0 Å². The van der Waals surface area contributed by atoms with Gasteiger partial charge in [-0.3, -0.25) is 0 Å². The zero-order valence-corrected chi connectivity index (χ0v) is 10.2. The summed E-state index contributed by atoms with van der Waals surface area (Å²) in [4.78, 5) is 0. The Morgan fingerprint density at radius 3 is 2.62 bits per heavy atom. The van der Waals surface area contributed by atoms with Crippen molar-refractivity contribution >= 4 is 17.0 Å². The molecule has 2 nitrogen and oxygen atoms in total. The second kappa shape index (κ2) is 4.58. The van der Waals surface area contributed by atoms with E-state index >= 15 is 0 Å². The molecule has 0 bridgehead atoms. The molecule has 0 saturated heterocycles. The Morgan fingerprint density at radius 1 is 1.25 bits per heavy atom. The number of aromatic hydroxyl groups is 1. The molecule has 1 atom stereocenters. The Hall–Kier alpha value is -1.48. The molecule has 2 N–H and O–H groups in total. The average molecular weight is 233 g/mol. The molecule has 0 aliphatic carbocycles. The first-order chi connectivity index (χ1) is 7.68. The van der Waals surface area contributed by atoms with Gasteiger partial charge in [0.1, 0.15) is 5.75 Å². The largest absolute Gasteiger partial charge is 0.508 e. The van der Waals surface area contributed by atoms with Crippen molar-refractivity contribution < 1.29 is 5.11 Å². The summed E-state index contributed by atoms with van der Waals surface area (Å²) in [6, 6.07) is 7.53. The van der Waals surface area contributed by atoms with Crippen LogP contribution in [0, 0.1) is 6.92 Å². The van der Waals surface area contributed by atoms with Crippen molar-refractivity contribution in [3.63, 3.8) is 0 Å². The molecule has 2 aromatic rings. The number of hydrogen-bond donors (Lipinski definition) is 2. The zero-order valence-electron chi connectivity index (χ0n) is 9.40. The third kappa shape index (κ3) is 2.19. The third-order valence-electron chi connectivity index (χ3n) is 2.63. The topological polar surface area (TPSA) is 32.3 Å². The van der Waals surface area contributed by atoms with E-state index in [1.165, 1.54) is 5.56 Å². The van der Waals surface area contributed by atoms with Gasteiger partial charge in [-0.05, 0) is 30.9 Å². The van der Waals surface area contributed by atoms with Crippen LogP contribution in [0.25, 0.3) is 0 Å². The lowest BCUT2D eigenvalue weighted by Crippen LogP contribution is -2.06. The Kier molecular flexibility index (Phi) is 3.15. The molecular formula is C13H15NOS. The SMILES string of the molecule is Cc1cscc1NC(C)c1ccccc1O. The van der Waals surface area contributed by atoms with Crippen LogP contribution in [0.2, 0.25) is 0 Å². The molecule has 84 valence electrons. The minimum Gasteiger partial charge on any atom is -0.508 e. The monoisotopic (exact) mass is 233 g/mol. The van der Waals surface area contributed by atoms with Crippen molar-refractivity contribution in [2.75, 3.05) is 5.32 Å². The van der Waals surface area contributed by atoms with E-state index in [2.05, 4.69) is 23.0 Å². The van der Waals surface area contributed by atoms with Crippen LogP contribution in [0.5, 0.6) is 5.75 Å². The van der Waals surface area contributed by atoms with Crippen LogP contribution in [0.15, 0.2) is 35.0 Å². The molecule has 2 rings (SSSR count). The standard InChI is InChI=1S/C13H15NOS/c1-9-7-16-8-12(9)14-10(2)11-5-3-4-6-13(11)15/h3-8,10,14-15H,1-2H3. The molecule has 0 amide bonds. The number of hydrogen-bond acceptors (Lipinski definition) is 3. The number of aryl methyl sites for hydroxylation is 1. The Balaban J connectivity index is 2.18. The van der Waals surface area contributed by atoms with Crippen molar-refractivity contribution in [2.24, 2.45) is 0 Å². The maximum atomic E-state index is 9.74. The lowest BCUT2D eigenvalue weighted by molar-refractivity contribution is 0.465. The van der Waals surface area contributed by atoms with Crippen LogP contribution in [0.4, 0.5) is 5.69 Å². The number of thiophene rings is 1. The average Bonchev–Trinajstić information content (AvgIpc) is 2.65. The number of phenols is 1. The van der Waals surface area contributed by atoms with E-state index in [4.69, 9.17) is 0 Å². The highest BCUT2D eigenvalue weighted by atomic mass is 32.1. The highest BCUT2D eigenvalue weighted by Gasteiger charge is 2.10. The molecular weight excluding hydrogens is 218 g/mol. The van der Waals surface area contributed by atoms with Gasteiger partial charge in [0.25, 0.3) is 0 Å². The van der Waals surface area contributed by atoms with Crippen LogP contribution < -0.4 is 5.32 Å². The minimum absolute atomic E-state index is 0.106. The molecule has 0 saturated carbocycles. The summed E-state index contributed by atoms with van der Waals surface area (Å²) in [6.45, 7) is 4.13. The second-order valence-corrected chi connectivity index (χ2v) is 4.64. The Labute approximate surface area is 99.6 Å². The molecule has 0 aliphatic heterocycles. The van der Waals surface area contributed by atoms with Gasteiger partial charge in [0.15, 0.2) is 0 Å². The number of phenolic OH excluding ortho intramolecular Hbond substituents is 1. The van der Waals surface area contributed by atoms with Gasteiger partial charge in [-0.15, -0.1) is 11.3 Å². The van der Waals surface area contributed by atoms with Crippen LogP contribution in [0.3, 0.4) is 0 Å². The van der Waals surface area contributed by atoms with E-state index in [-0.39, 0.29) is 6.04 Å². The van der Waals surface area contributed by atoms with Crippen molar-refractivity contribution in [1.82, 2.24) is 0 Å². The maximum Gasteiger partial charge on any atom is 0.120 e. The van der Waals surface area contributed by atoms with Crippen LogP contribution in [-0.2, 0) is 0 Å². The molecule has 0 aliphatic rings. The van der Waals surface area contributed by atoms with Gasteiger partial charge in [-0.2, -0.15) is 0 Å². The summed E-state index contributed by atoms with van der Waals surface area (Å²) >= 11 is 1.68. The van der Waals surface area contributed by atoms with Gasteiger partial charge >= 0.3 is 0 Å². The summed E-state index contributed by atoms with van der Waals surface area (Å²) in [5.74, 6) is 0.343. The smallest absolute Gasteiger partial charge is 0.120 e.